The molecule has 0 radical (unpaired) electrons. The van der Waals surface area contributed by atoms with Crippen LogP contribution in [0.5, 0.6) is 0 Å². The van der Waals surface area contributed by atoms with Crippen molar-refractivity contribution < 1.29 is 42.9 Å². The molecule has 1 aromatic carbocycles. The summed E-state index contributed by atoms with van der Waals surface area (Å²) in [5, 5.41) is 0. The monoisotopic (exact) mass is 394 g/mol. The van der Waals surface area contributed by atoms with Gasteiger partial charge < -0.3 is 23.7 Å². The first-order valence-corrected chi connectivity index (χ1v) is 8.58. The van der Waals surface area contributed by atoms with Crippen LogP contribution in [0.1, 0.15) is 39.4 Å². The molecule has 1 fully saturated rings. The summed E-state index contributed by atoms with van der Waals surface area (Å²) in [6.07, 6.45) is -6.03. The first-order chi connectivity index (χ1) is 13.2. The van der Waals surface area contributed by atoms with Crippen LogP contribution in [0, 0.1) is 0 Å². The van der Waals surface area contributed by atoms with E-state index in [1.807, 2.05) is 0 Å². The van der Waals surface area contributed by atoms with Gasteiger partial charge in [-0.05, 0) is 5.56 Å². The fourth-order valence-corrected chi connectivity index (χ4v) is 2.94. The Hall–Kier alpha value is -2.94. The van der Waals surface area contributed by atoms with Gasteiger partial charge in [0, 0.05) is 27.7 Å². The summed E-state index contributed by atoms with van der Waals surface area (Å²) in [6, 6.07) is 8.68. The van der Waals surface area contributed by atoms with Gasteiger partial charge in [0.1, 0.15) is 6.10 Å². The van der Waals surface area contributed by atoms with Gasteiger partial charge in [-0.2, -0.15) is 0 Å². The summed E-state index contributed by atoms with van der Waals surface area (Å²) in [5.41, 5.74) is 0.587. The first kappa shape index (κ1) is 21.4. The van der Waals surface area contributed by atoms with Crippen LogP contribution < -0.4 is 0 Å². The lowest BCUT2D eigenvalue weighted by Crippen LogP contribution is -2.59. The maximum Gasteiger partial charge on any atom is 0.305 e. The number of rotatable bonds is 5. The second kappa shape index (κ2) is 9.32. The average molecular weight is 394 g/mol. The predicted octanol–water partition coefficient (Wildman–Crippen LogP) is 1.44. The van der Waals surface area contributed by atoms with Crippen molar-refractivity contribution in [1.29, 1.82) is 0 Å². The van der Waals surface area contributed by atoms with E-state index < -0.39 is 54.6 Å². The van der Waals surface area contributed by atoms with Gasteiger partial charge in [-0.15, -0.1) is 0 Å². The molecule has 1 heterocycles. The number of esters is 4. The van der Waals surface area contributed by atoms with E-state index >= 15 is 0 Å². The van der Waals surface area contributed by atoms with Crippen molar-refractivity contribution in [3.8, 4) is 0 Å². The van der Waals surface area contributed by atoms with Crippen molar-refractivity contribution in [2.24, 2.45) is 0 Å². The molecule has 1 saturated heterocycles. The van der Waals surface area contributed by atoms with E-state index in [4.69, 9.17) is 23.7 Å². The Morgan fingerprint density at radius 2 is 1.14 bits per heavy atom. The molecule has 0 N–H and O–H groups in total. The molecular weight excluding hydrogens is 372 g/mol. The van der Waals surface area contributed by atoms with Gasteiger partial charge in [0.2, 0.25) is 12.4 Å². The van der Waals surface area contributed by atoms with E-state index in [0.717, 1.165) is 20.8 Å². The Balaban J connectivity index is 2.52. The number of hydrogen-bond acceptors (Lipinski definition) is 9. The summed E-state index contributed by atoms with van der Waals surface area (Å²) in [4.78, 5) is 46.5. The second-order valence-electron chi connectivity index (χ2n) is 6.17. The minimum atomic E-state index is -1.37. The lowest BCUT2D eigenvalue weighted by atomic mass is 9.93. The topological polar surface area (TPSA) is 114 Å². The van der Waals surface area contributed by atoms with E-state index in [1.165, 1.54) is 6.92 Å². The fraction of sp³-hybridized carbons (Fsp3) is 0.474. The highest BCUT2D eigenvalue weighted by atomic mass is 16.7. The number of benzene rings is 1. The van der Waals surface area contributed by atoms with Crippen LogP contribution in [0.2, 0.25) is 0 Å². The summed E-state index contributed by atoms with van der Waals surface area (Å²) in [5.74, 6) is -2.77. The Labute approximate surface area is 161 Å². The molecule has 9 heteroatoms. The lowest BCUT2D eigenvalue weighted by molar-refractivity contribution is -0.298. The quantitative estimate of drug-likeness (QED) is 0.540. The summed E-state index contributed by atoms with van der Waals surface area (Å²) >= 11 is 0. The molecule has 0 spiro atoms. The molecule has 0 saturated carbocycles. The standard InChI is InChI=1S/C19H22O9/c1-10(20)24-16-15(14-8-6-5-7-9-14)28-19(27-13(4)23)18(26-12(3)22)17(16)25-11(2)21/h5-9,15-19H,1-4H3/t15-,16+,17+,18-,19?/m0/s1. The second-order valence-corrected chi connectivity index (χ2v) is 6.17. The van der Waals surface area contributed by atoms with Crippen molar-refractivity contribution in [2.75, 3.05) is 0 Å². The number of hydrogen-bond donors (Lipinski definition) is 0. The lowest BCUT2D eigenvalue weighted by Gasteiger charge is -2.44. The van der Waals surface area contributed by atoms with Crippen molar-refractivity contribution in [1.82, 2.24) is 0 Å². The number of carbonyl (C=O) groups is 4. The summed E-state index contributed by atoms with van der Waals surface area (Å²) in [6.45, 7) is 4.64. The zero-order valence-electron chi connectivity index (χ0n) is 15.9. The molecule has 2 rings (SSSR count). The molecule has 0 aliphatic carbocycles. The molecule has 0 amide bonds. The van der Waals surface area contributed by atoms with E-state index in [9.17, 15) is 19.2 Å². The third-order valence-electron chi connectivity index (χ3n) is 3.81. The molecule has 152 valence electrons. The smallest absolute Gasteiger partial charge is 0.305 e. The van der Waals surface area contributed by atoms with E-state index in [2.05, 4.69) is 0 Å². The fourth-order valence-electron chi connectivity index (χ4n) is 2.94. The molecule has 5 atom stereocenters. The molecule has 1 aromatic rings. The van der Waals surface area contributed by atoms with Gasteiger partial charge in [-0.3, -0.25) is 19.2 Å². The van der Waals surface area contributed by atoms with Gasteiger partial charge in [-0.25, -0.2) is 0 Å². The molecule has 0 bridgehead atoms. The minimum absolute atomic E-state index is 0.587. The van der Waals surface area contributed by atoms with Gasteiger partial charge in [0.05, 0.1) is 0 Å². The van der Waals surface area contributed by atoms with Crippen LogP contribution in [0.15, 0.2) is 30.3 Å². The van der Waals surface area contributed by atoms with Crippen LogP contribution in [0.3, 0.4) is 0 Å². The van der Waals surface area contributed by atoms with Crippen LogP contribution in [-0.2, 0) is 42.9 Å². The maximum absolute atomic E-state index is 11.7. The maximum atomic E-state index is 11.7. The average Bonchev–Trinajstić information content (AvgIpc) is 2.59. The zero-order valence-corrected chi connectivity index (χ0v) is 15.9. The van der Waals surface area contributed by atoms with Crippen LogP contribution in [-0.4, -0.2) is 48.5 Å². The Kier molecular flexibility index (Phi) is 7.11. The third kappa shape index (κ3) is 5.53. The van der Waals surface area contributed by atoms with Gasteiger partial charge in [0.25, 0.3) is 0 Å². The number of carbonyl (C=O) groups excluding carboxylic acids is 4. The molecule has 9 nitrogen and oxygen atoms in total. The zero-order chi connectivity index (χ0) is 20.8. The molecule has 0 aromatic heterocycles. The number of ether oxygens (including phenoxy) is 5. The van der Waals surface area contributed by atoms with Gasteiger partial charge in [-0.1, -0.05) is 30.3 Å². The Morgan fingerprint density at radius 3 is 1.64 bits per heavy atom. The van der Waals surface area contributed by atoms with Crippen LogP contribution in [0.25, 0.3) is 0 Å². The normalized spacial score (nSPS) is 26.6. The van der Waals surface area contributed by atoms with E-state index in [0.29, 0.717) is 5.56 Å². The molecule has 1 aliphatic rings. The molecule has 28 heavy (non-hydrogen) atoms. The highest BCUT2D eigenvalue weighted by molar-refractivity contribution is 5.69. The predicted molar refractivity (Wildman–Crippen MR) is 92.5 cm³/mol. The molecule has 1 aliphatic heterocycles. The highest BCUT2D eigenvalue weighted by Gasteiger charge is 2.53. The van der Waals surface area contributed by atoms with Crippen molar-refractivity contribution in [2.45, 2.75) is 58.4 Å². The van der Waals surface area contributed by atoms with Crippen molar-refractivity contribution >= 4 is 23.9 Å². The summed E-state index contributed by atoms with van der Waals surface area (Å²) < 4.78 is 26.9. The van der Waals surface area contributed by atoms with Gasteiger partial charge >= 0.3 is 23.9 Å². The summed E-state index contributed by atoms with van der Waals surface area (Å²) in [7, 11) is 0. The SMILES string of the molecule is CC(=O)OC1O[C@@H](c2ccccc2)[C@@H](OC(C)=O)[C@@H](OC(C)=O)[C@@H]1OC(C)=O. The van der Waals surface area contributed by atoms with Gasteiger partial charge in [0.15, 0.2) is 12.2 Å². The highest BCUT2D eigenvalue weighted by Crippen LogP contribution is 2.37. The van der Waals surface area contributed by atoms with Crippen LogP contribution >= 0.6 is 0 Å². The van der Waals surface area contributed by atoms with Crippen molar-refractivity contribution in [3.63, 3.8) is 0 Å². The van der Waals surface area contributed by atoms with Crippen LogP contribution in [0.4, 0.5) is 0 Å². The van der Waals surface area contributed by atoms with E-state index in [-0.39, 0.29) is 0 Å². The minimum Gasteiger partial charge on any atom is -0.455 e. The Bertz CT molecular complexity index is 730. The Morgan fingerprint density at radius 1 is 0.679 bits per heavy atom. The third-order valence-corrected chi connectivity index (χ3v) is 3.81. The largest absolute Gasteiger partial charge is 0.455 e. The van der Waals surface area contributed by atoms with Crippen molar-refractivity contribution in [3.05, 3.63) is 35.9 Å². The molecule has 1 unspecified atom stereocenters. The first-order valence-electron chi connectivity index (χ1n) is 8.58. The van der Waals surface area contributed by atoms with E-state index in [1.54, 1.807) is 30.3 Å². The molecular formula is C19H22O9.